The van der Waals surface area contributed by atoms with Gasteiger partial charge in [0.1, 0.15) is 17.9 Å². The minimum absolute atomic E-state index is 0.0792. The largest absolute Gasteiger partial charge is 0.461 e. The molecule has 0 saturated heterocycles. The van der Waals surface area contributed by atoms with Gasteiger partial charge in [-0.1, -0.05) is 44.2 Å². The van der Waals surface area contributed by atoms with Crippen molar-refractivity contribution in [3.8, 4) is 5.75 Å². The van der Waals surface area contributed by atoms with Gasteiger partial charge in [-0.15, -0.1) is 0 Å². The maximum absolute atomic E-state index is 12.4. The van der Waals surface area contributed by atoms with Crippen LogP contribution in [-0.2, 0) is 9.53 Å². The topological polar surface area (TPSA) is 81.9 Å². The fourth-order valence-corrected chi connectivity index (χ4v) is 2.55. The number of hydrogen-bond acceptors (Lipinski definition) is 6. The predicted molar refractivity (Wildman–Crippen MR) is 110 cm³/mol. The zero-order chi connectivity index (χ0) is 20.4. The third-order valence-electron chi connectivity index (χ3n) is 4.18. The first-order valence-electron chi connectivity index (χ1n) is 9.27. The van der Waals surface area contributed by atoms with Crippen molar-refractivity contribution in [2.45, 2.75) is 13.8 Å². The van der Waals surface area contributed by atoms with E-state index >= 15 is 0 Å². The maximum Gasteiger partial charge on any atom is 0.341 e. The minimum atomic E-state index is -0.605. The average molecular weight is 382 g/mol. The third kappa shape index (κ3) is 6.55. The van der Waals surface area contributed by atoms with E-state index in [1.165, 1.54) is 18.2 Å². The lowest BCUT2D eigenvalue weighted by Gasteiger charge is -2.17. The van der Waals surface area contributed by atoms with Gasteiger partial charge in [-0.3, -0.25) is 0 Å². The number of rotatable bonds is 9. The van der Waals surface area contributed by atoms with Gasteiger partial charge in [0.05, 0.1) is 0 Å². The SMILES string of the molecule is CCN(CC)CCOC(=O)c1ccc(N)cc1OC(=O)/C=C/c1ccccc1. The summed E-state index contributed by atoms with van der Waals surface area (Å²) < 4.78 is 10.6. The number of likely N-dealkylation sites (N-methyl/N-ethyl adjacent to an activating group) is 1. The number of esters is 2. The van der Waals surface area contributed by atoms with E-state index in [2.05, 4.69) is 4.90 Å². The second kappa shape index (κ2) is 10.9. The molecule has 2 aromatic carbocycles. The van der Waals surface area contributed by atoms with Crippen LogP contribution in [0.15, 0.2) is 54.6 Å². The van der Waals surface area contributed by atoms with Crippen molar-refractivity contribution in [2.24, 2.45) is 0 Å². The summed E-state index contributed by atoms with van der Waals surface area (Å²) >= 11 is 0. The highest BCUT2D eigenvalue weighted by molar-refractivity contribution is 5.96. The molecule has 0 aliphatic heterocycles. The highest BCUT2D eigenvalue weighted by Gasteiger charge is 2.17. The Kier molecular flexibility index (Phi) is 8.24. The van der Waals surface area contributed by atoms with Gasteiger partial charge >= 0.3 is 11.9 Å². The predicted octanol–water partition coefficient (Wildman–Crippen LogP) is 3.39. The maximum atomic E-state index is 12.4. The smallest absolute Gasteiger partial charge is 0.341 e. The first kappa shape index (κ1) is 21.2. The van der Waals surface area contributed by atoms with Gasteiger partial charge in [-0.25, -0.2) is 9.59 Å². The van der Waals surface area contributed by atoms with Gasteiger partial charge in [0.15, 0.2) is 0 Å². The van der Waals surface area contributed by atoms with Crippen molar-refractivity contribution < 1.29 is 19.1 Å². The molecule has 0 spiro atoms. The molecule has 0 heterocycles. The van der Waals surface area contributed by atoms with Crippen LogP contribution in [-0.4, -0.2) is 43.1 Å². The van der Waals surface area contributed by atoms with Crippen LogP contribution < -0.4 is 10.5 Å². The Labute approximate surface area is 165 Å². The summed E-state index contributed by atoms with van der Waals surface area (Å²) in [7, 11) is 0. The van der Waals surface area contributed by atoms with Gasteiger partial charge in [0.2, 0.25) is 0 Å². The Morgan fingerprint density at radius 1 is 1.07 bits per heavy atom. The summed E-state index contributed by atoms with van der Waals surface area (Å²) in [6, 6.07) is 13.9. The molecule has 0 aliphatic carbocycles. The number of nitrogens with zero attached hydrogens (tertiary/aromatic N) is 1. The number of anilines is 1. The number of hydrogen-bond donors (Lipinski definition) is 1. The van der Waals surface area contributed by atoms with E-state index in [9.17, 15) is 9.59 Å². The Bertz CT molecular complexity index is 815. The van der Waals surface area contributed by atoms with Crippen LogP contribution in [0.5, 0.6) is 5.75 Å². The van der Waals surface area contributed by atoms with Crippen LogP contribution in [0.3, 0.4) is 0 Å². The van der Waals surface area contributed by atoms with Gasteiger partial charge in [-0.05, 0) is 36.9 Å². The van der Waals surface area contributed by atoms with E-state index in [0.29, 0.717) is 12.2 Å². The van der Waals surface area contributed by atoms with Crippen molar-refractivity contribution >= 4 is 23.7 Å². The van der Waals surface area contributed by atoms with E-state index in [4.69, 9.17) is 15.2 Å². The van der Waals surface area contributed by atoms with E-state index in [-0.39, 0.29) is 17.9 Å². The van der Waals surface area contributed by atoms with E-state index in [0.717, 1.165) is 18.7 Å². The molecule has 0 aliphatic rings. The van der Waals surface area contributed by atoms with Gasteiger partial charge in [0.25, 0.3) is 0 Å². The molecule has 0 amide bonds. The lowest BCUT2D eigenvalue weighted by molar-refractivity contribution is -0.128. The van der Waals surface area contributed by atoms with Crippen LogP contribution in [0.2, 0.25) is 0 Å². The van der Waals surface area contributed by atoms with Gasteiger partial charge < -0.3 is 20.1 Å². The van der Waals surface area contributed by atoms with Gasteiger partial charge in [0, 0.05) is 24.4 Å². The zero-order valence-electron chi connectivity index (χ0n) is 16.3. The summed E-state index contributed by atoms with van der Waals surface area (Å²) in [6.07, 6.45) is 2.94. The molecule has 0 fully saturated rings. The Hall–Kier alpha value is -3.12. The number of ether oxygens (including phenoxy) is 2. The molecule has 0 aromatic heterocycles. The molecule has 0 bridgehead atoms. The number of nitrogen functional groups attached to an aromatic ring is 1. The van der Waals surface area contributed by atoms with Crippen molar-refractivity contribution in [1.82, 2.24) is 4.90 Å². The van der Waals surface area contributed by atoms with Crippen molar-refractivity contribution in [1.29, 1.82) is 0 Å². The first-order valence-corrected chi connectivity index (χ1v) is 9.27. The van der Waals surface area contributed by atoms with E-state index in [1.807, 2.05) is 44.2 Å². The van der Waals surface area contributed by atoms with Crippen molar-refractivity contribution in [3.05, 3.63) is 65.7 Å². The van der Waals surface area contributed by atoms with Crippen LogP contribution >= 0.6 is 0 Å². The highest BCUT2D eigenvalue weighted by Crippen LogP contribution is 2.23. The molecule has 0 saturated carbocycles. The summed E-state index contributed by atoms with van der Waals surface area (Å²) in [5, 5.41) is 0. The lowest BCUT2D eigenvalue weighted by atomic mass is 10.2. The molecular formula is C22H26N2O4. The molecule has 148 valence electrons. The minimum Gasteiger partial charge on any atom is -0.461 e. The Balaban J connectivity index is 2.03. The van der Waals surface area contributed by atoms with Crippen LogP contribution in [0.1, 0.15) is 29.8 Å². The van der Waals surface area contributed by atoms with E-state index < -0.39 is 11.9 Å². The standard InChI is InChI=1S/C22H26N2O4/c1-3-24(4-2)14-15-27-22(26)19-12-11-18(23)16-20(19)28-21(25)13-10-17-8-6-5-7-9-17/h5-13,16H,3-4,14-15,23H2,1-2H3/b13-10+. The molecule has 0 unspecified atom stereocenters. The average Bonchev–Trinajstić information content (AvgIpc) is 2.70. The molecule has 2 rings (SSSR count). The molecule has 6 nitrogen and oxygen atoms in total. The summed E-state index contributed by atoms with van der Waals surface area (Å²) in [4.78, 5) is 26.7. The molecule has 6 heteroatoms. The Morgan fingerprint density at radius 3 is 2.46 bits per heavy atom. The van der Waals surface area contributed by atoms with Crippen LogP contribution in [0.25, 0.3) is 6.08 Å². The van der Waals surface area contributed by atoms with E-state index in [1.54, 1.807) is 12.1 Å². The molecule has 0 radical (unpaired) electrons. The van der Waals surface area contributed by atoms with Crippen LogP contribution in [0.4, 0.5) is 5.69 Å². The fourth-order valence-electron chi connectivity index (χ4n) is 2.55. The molecular weight excluding hydrogens is 356 g/mol. The number of nitrogens with two attached hydrogens (primary N) is 1. The second-order valence-corrected chi connectivity index (χ2v) is 6.08. The molecule has 2 N–H and O–H groups in total. The molecule has 28 heavy (non-hydrogen) atoms. The monoisotopic (exact) mass is 382 g/mol. The first-order chi connectivity index (χ1) is 13.5. The molecule has 0 atom stereocenters. The third-order valence-corrected chi connectivity index (χ3v) is 4.18. The summed E-state index contributed by atoms with van der Waals surface area (Å²) in [5.74, 6) is -1.08. The summed E-state index contributed by atoms with van der Waals surface area (Å²) in [5.41, 5.74) is 7.19. The number of carbonyl (C=O) groups is 2. The Morgan fingerprint density at radius 2 is 1.79 bits per heavy atom. The lowest BCUT2D eigenvalue weighted by Crippen LogP contribution is -2.28. The normalized spacial score (nSPS) is 11.0. The van der Waals surface area contributed by atoms with Crippen molar-refractivity contribution in [2.75, 3.05) is 32.0 Å². The van der Waals surface area contributed by atoms with Crippen molar-refractivity contribution in [3.63, 3.8) is 0 Å². The van der Waals surface area contributed by atoms with Crippen LogP contribution in [0, 0.1) is 0 Å². The number of benzene rings is 2. The quantitative estimate of drug-likeness (QED) is 0.310. The number of carbonyl (C=O) groups excluding carboxylic acids is 2. The fraction of sp³-hybridized carbons (Fsp3) is 0.273. The second-order valence-electron chi connectivity index (χ2n) is 6.08. The van der Waals surface area contributed by atoms with Gasteiger partial charge in [-0.2, -0.15) is 0 Å². The summed E-state index contributed by atoms with van der Waals surface area (Å²) in [6.45, 7) is 6.76. The highest BCUT2D eigenvalue weighted by atomic mass is 16.5. The zero-order valence-corrected chi connectivity index (χ0v) is 16.3. The molecule has 2 aromatic rings.